The first-order valence-corrected chi connectivity index (χ1v) is 5.18. The van der Waals surface area contributed by atoms with Crippen molar-refractivity contribution in [1.82, 2.24) is 4.98 Å². The van der Waals surface area contributed by atoms with Gasteiger partial charge >= 0.3 is 5.97 Å². The predicted octanol–water partition coefficient (Wildman–Crippen LogP) is 2.02. The van der Waals surface area contributed by atoms with E-state index in [0.29, 0.717) is 11.3 Å². The fourth-order valence-electron chi connectivity index (χ4n) is 1.39. The monoisotopic (exact) mass is 228 g/mol. The van der Waals surface area contributed by atoms with Gasteiger partial charge in [-0.05, 0) is 11.6 Å². The number of nitrogens with zero attached hydrogens (tertiary/aromatic N) is 1. The van der Waals surface area contributed by atoms with E-state index < -0.39 is 5.97 Å². The van der Waals surface area contributed by atoms with E-state index in [0.717, 1.165) is 5.56 Å². The Hall–Kier alpha value is -2.36. The molecule has 2 N–H and O–H groups in total. The first kappa shape index (κ1) is 11.1. The highest BCUT2D eigenvalue weighted by Crippen LogP contribution is 2.11. The molecule has 1 heterocycles. The van der Waals surface area contributed by atoms with Gasteiger partial charge in [0.1, 0.15) is 6.61 Å². The molecule has 2 rings (SSSR count). The van der Waals surface area contributed by atoms with Crippen LogP contribution >= 0.6 is 0 Å². The third-order valence-electron chi connectivity index (χ3n) is 2.28. The van der Waals surface area contributed by atoms with Crippen LogP contribution in [-0.2, 0) is 11.3 Å². The summed E-state index contributed by atoms with van der Waals surface area (Å²) >= 11 is 0. The number of hydrogen-bond donors (Lipinski definition) is 1. The Bertz CT molecular complexity index is 512. The molecule has 4 heteroatoms. The second-order valence-electron chi connectivity index (χ2n) is 3.52. The highest BCUT2D eigenvalue weighted by molar-refractivity contribution is 5.94. The van der Waals surface area contributed by atoms with Gasteiger partial charge in [-0.1, -0.05) is 30.3 Å². The Balaban J connectivity index is 2.01. The second-order valence-corrected chi connectivity index (χ2v) is 3.52. The van der Waals surface area contributed by atoms with E-state index in [1.54, 1.807) is 6.07 Å². The topological polar surface area (TPSA) is 65.2 Å². The quantitative estimate of drug-likeness (QED) is 0.816. The van der Waals surface area contributed by atoms with E-state index in [9.17, 15) is 4.79 Å². The number of nitrogens with two attached hydrogens (primary N) is 1. The summed E-state index contributed by atoms with van der Waals surface area (Å²) in [6.07, 6.45) is 2.94. The molecule has 1 aromatic heterocycles. The molecule has 86 valence electrons. The Morgan fingerprint density at radius 3 is 2.71 bits per heavy atom. The van der Waals surface area contributed by atoms with Crippen LogP contribution in [0.25, 0.3) is 0 Å². The van der Waals surface area contributed by atoms with Gasteiger partial charge in [-0.3, -0.25) is 4.98 Å². The lowest BCUT2D eigenvalue weighted by Crippen LogP contribution is -2.08. The number of hydrogen-bond acceptors (Lipinski definition) is 4. The van der Waals surface area contributed by atoms with Crippen LogP contribution in [0.4, 0.5) is 5.69 Å². The Kier molecular flexibility index (Phi) is 3.35. The second kappa shape index (κ2) is 5.12. The summed E-state index contributed by atoms with van der Waals surface area (Å²) in [5.74, 6) is -0.436. The molecule has 0 fully saturated rings. The van der Waals surface area contributed by atoms with Gasteiger partial charge in [-0.2, -0.15) is 0 Å². The maximum atomic E-state index is 11.7. The average Bonchev–Trinajstić information content (AvgIpc) is 2.38. The number of anilines is 1. The minimum Gasteiger partial charge on any atom is -0.457 e. The number of benzene rings is 1. The average molecular weight is 228 g/mol. The highest BCUT2D eigenvalue weighted by atomic mass is 16.5. The van der Waals surface area contributed by atoms with Crippen molar-refractivity contribution in [2.24, 2.45) is 0 Å². The standard InChI is InChI=1S/C13H12N2O2/c14-12-8-15-7-6-11(12)13(16)17-9-10-4-2-1-3-5-10/h1-8H,9,14H2. The maximum absolute atomic E-state index is 11.7. The molecule has 0 aliphatic heterocycles. The molecule has 0 atom stereocenters. The van der Waals surface area contributed by atoms with Crippen LogP contribution in [0.3, 0.4) is 0 Å². The smallest absolute Gasteiger partial charge is 0.340 e. The summed E-state index contributed by atoms with van der Waals surface area (Å²) in [6, 6.07) is 11.0. The number of rotatable bonds is 3. The SMILES string of the molecule is Nc1cnccc1C(=O)OCc1ccccc1. The summed E-state index contributed by atoms with van der Waals surface area (Å²) in [7, 11) is 0. The molecule has 0 unspecified atom stereocenters. The number of esters is 1. The van der Waals surface area contributed by atoms with Crippen molar-refractivity contribution in [3.05, 3.63) is 59.9 Å². The van der Waals surface area contributed by atoms with E-state index in [1.807, 2.05) is 30.3 Å². The normalized spacial score (nSPS) is 9.88. The van der Waals surface area contributed by atoms with E-state index >= 15 is 0 Å². The van der Waals surface area contributed by atoms with Crippen molar-refractivity contribution in [2.45, 2.75) is 6.61 Å². The van der Waals surface area contributed by atoms with Gasteiger partial charge in [0.2, 0.25) is 0 Å². The van der Waals surface area contributed by atoms with Gasteiger partial charge in [0.15, 0.2) is 0 Å². The Morgan fingerprint density at radius 1 is 1.24 bits per heavy atom. The largest absolute Gasteiger partial charge is 0.457 e. The van der Waals surface area contributed by atoms with Crippen LogP contribution in [0, 0.1) is 0 Å². The number of pyridine rings is 1. The maximum Gasteiger partial charge on any atom is 0.340 e. The zero-order valence-corrected chi connectivity index (χ0v) is 9.17. The molecular weight excluding hydrogens is 216 g/mol. The fraction of sp³-hybridized carbons (Fsp3) is 0.0769. The third kappa shape index (κ3) is 2.81. The molecule has 2 aromatic rings. The van der Waals surface area contributed by atoms with Crippen molar-refractivity contribution in [1.29, 1.82) is 0 Å². The number of carbonyl (C=O) groups is 1. The molecule has 17 heavy (non-hydrogen) atoms. The molecule has 0 bridgehead atoms. The lowest BCUT2D eigenvalue weighted by atomic mass is 10.2. The summed E-state index contributed by atoms with van der Waals surface area (Å²) in [6.45, 7) is 0.238. The van der Waals surface area contributed by atoms with Crippen LogP contribution < -0.4 is 5.73 Å². The number of carbonyl (C=O) groups excluding carboxylic acids is 1. The van der Waals surface area contributed by atoms with Crippen molar-refractivity contribution in [2.75, 3.05) is 5.73 Å². The fourth-order valence-corrected chi connectivity index (χ4v) is 1.39. The van der Waals surface area contributed by atoms with Gasteiger partial charge in [0.05, 0.1) is 17.4 Å². The molecule has 1 aromatic carbocycles. The summed E-state index contributed by atoms with van der Waals surface area (Å²) in [5, 5.41) is 0. The van der Waals surface area contributed by atoms with Crippen LogP contribution in [0.5, 0.6) is 0 Å². The van der Waals surface area contributed by atoms with Crippen molar-refractivity contribution >= 4 is 11.7 Å². The van der Waals surface area contributed by atoms with Crippen LogP contribution in [-0.4, -0.2) is 11.0 Å². The molecule has 0 amide bonds. The molecule has 0 spiro atoms. The zero-order chi connectivity index (χ0) is 12.1. The van der Waals surface area contributed by atoms with Crippen LogP contribution in [0.1, 0.15) is 15.9 Å². The van der Waals surface area contributed by atoms with Crippen molar-refractivity contribution in [3.8, 4) is 0 Å². The van der Waals surface area contributed by atoms with Crippen molar-refractivity contribution < 1.29 is 9.53 Å². The lowest BCUT2D eigenvalue weighted by molar-refractivity contribution is 0.0474. The summed E-state index contributed by atoms with van der Waals surface area (Å²) in [5.41, 5.74) is 7.23. The van der Waals surface area contributed by atoms with E-state index in [4.69, 9.17) is 10.5 Å². The van der Waals surface area contributed by atoms with Crippen LogP contribution in [0.2, 0.25) is 0 Å². The summed E-state index contributed by atoms with van der Waals surface area (Å²) in [4.78, 5) is 15.5. The lowest BCUT2D eigenvalue weighted by Gasteiger charge is -2.06. The number of ether oxygens (including phenoxy) is 1. The van der Waals surface area contributed by atoms with E-state index in [1.165, 1.54) is 12.4 Å². The van der Waals surface area contributed by atoms with Crippen molar-refractivity contribution in [3.63, 3.8) is 0 Å². The zero-order valence-electron chi connectivity index (χ0n) is 9.17. The molecule has 0 aliphatic carbocycles. The summed E-state index contributed by atoms with van der Waals surface area (Å²) < 4.78 is 5.15. The minimum absolute atomic E-state index is 0.238. The molecule has 0 saturated carbocycles. The van der Waals surface area contributed by atoms with Gasteiger partial charge in [-0.15, -0.1) is 0 Å². The van der Waals surface area contributed by atoms with Gasteiger partial charge in [-0.25, -0.2) is 4.79 Å². The van der Waals surface area contributed by atoms with E-state index in [2.05, 4.69) is 4.98 Å². The van der Waals surface area contributed by atoms with Crippen LogP contribution in [0.15, 0.2) is 48.8 Å². The molecule has 0 radical (unpaired) electrons. The number of aromatic nitrogens is 1. The van der Waals surface area contributed by atoms with Gasteiger partial charge in [0.25, 0.3) is 0 Å². The molecule has 4 nitrogen and oxygen atoms in total. The predicted molar refractivity (Wildman–Crippen MR) is 64.2 cm³/mol. The minimum atomic E-state index is -0.436. The first-order valence-electron chi connectivity index (χ1n) is 5.18. The van der Waals surface area contributed by atoms with Gasteiger partial charge in [0, 0.05) is 6.20 Å². The Labute approximate surface area is 99.1 Å². The van der Waals surface area contributed by atoms with Gasteiger partial charge < -0.3 is 10.5 Å². The third-order valence-corrected chi connectivity index (χ3v) is 2.28. The molecule has 0 aliphatic rings. The molecule has 0 saturated heterocycles. The first-order chi connectivity index (χ1) is 8.27. The highest BCUT2D eigenvalue weighted by Gasteiger charge is 2.10. The Morgan fingerprint density at radius 2 is 2.00 bits per heavy atom. The number of nitrogen functional groups attached to an aromatic ring is 1. The van der Waals surface area contributed by atoms with E-state index in [-0.39, 0.29) is 6.61 Å². The molecular formula is C13H12N2O2.